The van der Waals surface area contributed by atoms with Gasteiger partial charge in [0.05, 0.1) is 5.69 Å². The van der Waals surface area contributed by atoms with Crippen molar-refractivity contribution in [1.29, 1.82) is 0 Å². The first-order valence-corrected chi connectivity index (χ1v) is 5.34. The molecule has 1 saturated heterocycles. The molecule has 2 rings (SSSR count). The van der Waals surface area contributed by atoms with Crippen LogP contribution < -0.4 is 5.32 Å². The summed E-state index contributed by atoms with van der Waals surface area (Å²) in [4.78, 5) is 0. The summed E-state index contributed by atoms with van der Waals surface area (Å²) >= 11 is 0. The fourth-order valence-electron chi connectivity index (χ4n) is 2.60. The summed E-state index contributed by atoms with van der Waals surface area (Å²) in [5.74, 6) is 0.638. The van der Waals surface area contributed by atoms with Crippen molar-refractivity contribution < 1.29 is 0 Å². The summed E-state index contributed by atoms with van der Waals surface area (Å²) in [7, 11) is 1.99. The summed E-state index contributed by atoms with van der Waals surface area (Å²) in [6.07, 6.45) is 3.39. The third-order valence-electron chi connectivity index (χ3n) is 3.21. The third-order valence-corrected chi connectivity index (χ3v) is 3.21. The molecule has 0 bridgehead atoms. The van der Waals surface area contributed by atoms with Crippen molar-refractivity contribution in [3.8, 4) is 0 Å². The van der Waals surface area contributed by atoms with Crippen molar-refractivity contribution in [3.05, 3.63) is 17.5 Å². The SMILES string of the molecule is Cc1nn(C)cc1C1CC(C)NC1C. The van der Waals surface area contributed by atoms with Crippen LogP contribution in [0, 0.1) is 6.92 Å². The molecule has 14 heavy (non-hydrogen) atoms. The van der Waals surface area contributed by atoms with Gasteiger partial charge in [-0.15, -0.1) is 0 Å². The second kappa shape index (κ2) is 3.39. The number of rotatable bonds is 1. The van der Waals surface area contributed by atoms with E-state index in [1.165, 1.54) is 17.7 Å². The Kier molecular flexibility index (Phi) is 2.35. The molecule has 1 N–H and O–H groups in total. The van der Waals surface area contributed by atoms with E-state index in [9.17, 15) is 0 Å². The number of nitrogens with zero attached hydrogens (tertiary/aromatic N) is 2. The number of aromatic nitrogens is 2. The lowest BCUT2D eigenvalue weighted by Crippen LogP contribution is -2.26. The van der Waals surface area contributed by atoms with Gasteiger partial charge in [-0.1, -0.05) is 0 Å². The molecule has 0 saturated carbocycles. The van der Waals surface area contributed by atoms with Crippen LogP contribution in [0.25, 0.3) is 0 Å². The summed E-state index contributed by atoms with van der Waals surface area (Å²) in [5, 5.41) is 7.97. The Hall–Kier alpha value is -0.830. The van der Waals surface area contributed by atoms with Crippen molar-refractivity contribution in [2.75, 3.05) is 0 Å². The molecule has 1 aromatic heterocycles. The van der Waals surface area contributed by atoms with Gasteiger partial charge in [-0.05, 0) is 32.8 Å². The Morgan fingerprint density at radius 3 is 2.64 bits per heavy atom. The fourth-order valence-corrected chi connectivity index (χ4v) is 2.60. The summed E-state index contributed by atoms with van der Waals surface area (Å²) < 4.78 is 1.92. The first kappa shape index (κ1) is 9.71. The average Bonchev–Trinajstić information content (AvgIpc) is 2.55. The Balaban J connectivity index is 2.26. The van der Waals surface area contributed by atoms with Crippen molar-refractivity contribution in [3.63, 3.8) is 0 Å². The lowest BCUT2D eigenvalue weighted by atomic mass is 9.92. The Bertz CT molecular complexity index is 329. The van der Waals surface area contributed by atoms with E-state index in [4.69, 9.17) is 0 Å². The van der Waals surface area contributed by atoms with E-state index in [-0.39, 0.29) is 0 Å². The van der Waals surface area contributed by atoms with E-state index in [0.717, 1.165) is 0 Å². The second-order valence-corrected chi connectivity index (χ2v) is 4.54. The fraction of sp³-hybridized carbons (Fsp3) is 0.727. The van der Waals surface area contributed by atoms with Crippen LogP contribution in [0.3, 0.4) is 0 Å². The van der Waals surface area contributed by atoms with Crippen LogP contribution in [0.15, 0.2) is 6.20 Å². The molecule has 3 unspecified atom stereocenters. The van der Waals surface area contributed by atoms with Gasteiger partial charge in [0.1, 0.15) is 0 Å². The quantitative estimate of drug-likeness (QED) is 0.734. The molecule has 1 aliphatic rings. The molecule has 0 amide bonds. The van der Waals surface area contributed by atoms with Crippen molar-refractivity contribution in [2.45, 2.75) is 45.2 Å². The van der Waals surface area contributed by atoms with Gasteiger partial charge < -0.3 is 5.32 Å². The topological polar surface area (TPSA) is 29.9 Å². The Morgan fingerprint density at radius 2 is 2.21 bits per heavy atom. The van der Waals surface area contributed by atoms with E-state index in [1.54, 1.807) is 0 Å². The van der Waals surface area contributed by atoms with Gasteiger partial charge in [0, 0.05) is 31.2 Å². The molecular weight excluding hydrogens is 174 g/mol. The maximum absolute atomic E-state index is 4.40. The van der Waals surface area contributed by atoms with E-state index in [1.807, 2.05) is 11.7 Å². The molecular formula is C11H19N3. The first-order chi connectivity index (χ1) is 6.58. The predicted molar refractivity (Wildman–Crippen MR) is 57.4 cm³/mol. The third kappa shape index (κ3) is 1.57. The van der Waals surface area contributed by atoms with Crippen molar-refractivity contribution in [1.82, 2.24) is 15.1 Å². The number of nitrogens with one attached hydrogen (secondary N) is 1. The van der Waals surface area contributed by atoms with E-state index < -0.39 is 0 Å². The van der Waals surface area contributed by atoms with Crippen LogP contribution in [-0.4, -0.2) is 21.9 Å². The molecule has 3 heteroatoms. The highest BCUT2D eigenvalue weighted by molar-refractivity contribution is 5.24. The molecule has 1 aliphatic heterocycles. The van der Waals surface area contributed by atoms with Crippen molar-refractivity contribution in [2.24, 2.45) is 7.05 Å². The molecule has 0 aromatic carbocycles. The van der Waals surface area contributed by atoms with Gasteiger partial charge in [-0.2, -0.15) is 5.10 Å². The minimum Gasteiger partial charge on any atom is -0.311 e. The van der Waals surface area contributed by atoms with Crippen LogP contribution in [0.1, 0.15) is 37.4 Å². The normalized spacial score (nSPS) is 32.4. The standard InChI is InChI=1S/C11H19N3/c1-7-5-10(8(2)12-7)11-6-14(4)13-9(11)3/h6-8,10,12H,5H2,1-4H3. The van der Waals surface area contributed by atoms with Gasteiger partial charge in [0.25, 0.3) is 0 Å². The second-order valence-electron chi connectivity index (χ2n) is 4.54. The summed E-state index contributed by atoms with van der Waals surface area (Å²) in [5.41, 5.74) is 2.59. The number of aryl methyl sites for hydroxylation is 2. The first-order valence-electron chi connectivity index (χ1n) is 5.34. The molecule has 3 nitrogen and oxygen atoms in total. The minimum absolute atomic E-state index is 0.577. The van der Waals surface area contributed by atoms with Crippen LogP contribution >= 0.6 is 0 Å². The van der Waals surface area contributed by atoms with Gasteiger partial charge >= 0.3 is 0 Å². The zero-order valence-electron chi connectivity index (χ0n) is 9.41. The highest BCUT2D eigenvalue weighted by Crippen LogP contribution is 2.31. The summed E-state index contributed by atoms with van der Waals surface area (Å²) in [6.45, 7) is 6.62. The molecule has 78 valence electrons. The number of hydrogen-bond donors (Lipinski definition) is 1. The summed E-state index contributed by atoms with van der Waals surface area (Å²) in [6, 6.07) is 1.21. The van der Waals surface area contributed by atoms with E-state index in [2.05, 4.69) is 37.4 Å². The highest BCUT2D eigenvalue weighted by Gasteiger charge is 2.31. The minimum atomic E-state index is 0.577. The van der Waals surface area contributed by atoms with Crippen LogP contribution in [0.2, 0.25) is 0 Å². The maximum atomic E-state index is 4.40. The molecule has 1 fully saturated rings. The van der Waals surface area contributed by atoms with Gasteiger partial charge in [-0.25, -0.2) is 0 Å². The zero-order valence-corrected chi connectivity index (χ0v) is 9.41. The van der Waals surface area contributed by atoms with Gasteiger partial charge in [-0.3, -0.25) is 4.68 Å². The Labute approximate surface area is 85.5 Å². The highest BCUT2D eigenvalue weighted by atomic mass is 15.2. The molecule has 2 heterocycles. The van der Waals surface area contributed by atoms with Gasteiger partial charge in [0.15, 0.2) is 0 Å². The molecule has 1 aromatic rings. The molecule has 0 spiro atoms. The zero-order chi connectivity index (χ0) is 10.3. The van der Waals surface area contributed by atoms with Crippen LogP contribution in [-0.2, 0) is 7.05 Å². The van der Waals surface area contributed by atoms with E-state index >= 15 is 0 Å². The lowest BCUT2D eigenvalue weighted by molar-refractivity contribution is 0.573. The average molecular weight is 193 g/mol. The predicted octanol–water partition coefficient (Wildman–Crippen LogP) is 1.58. The van der Waals surface area contributed by atoms with E-state index in [0.29, 0.717) is 18.0 Å². The number of hydrogen-bond acceptors (Lipinski definition) is 2. The maximum Gasteiger partial charge on any atom is 0.0628 e. The largest absolute Gasteiger partial charge is 0.311 e. The molecule has 0 radical (unpaired) electrons. The van der Waals surface area contributed by atoms with Gasteiger partial charge in [0.2, 0.25) is 0 Å². The smallest absolute Gasteiger partial charge is 0.0628 e. The molecule has 3 atom stereocenters. The lowest BCUT2D eigenvalue weighted by Gasteiger charge is -2.13. The monoisotopic (exact) mass is 193 g/mol. The molecule has 0 aliphatic carbocycles. The van der Waals surface area contributed by atoms with Crippen molar-refractivity contribution >= 4 is 0 Å². The van der Waals surface area contributed by atoms with Crippen LogP contribution in [0.5, 0.6) is 0 Å². The van der Waals surface area contributed by atoms with Crippen LogP contribution in [0.4, 0.5) is 0 Å². The Morgan fingerprint density at radius 1 is 1.50 bits per heavy atom.